The Hall–Kier alpha value is -3.26. The fraction of sp³-hybridized carbons (Fsp3) is 0.240. The van der Waals surface area contributed by atoms with Gasteiger partial charge in [0.1, 0.15) is 5.69 Å². The van der Waals surface area contributed by atoms with Crippen molar-refractivity contribution in [3.05, 3.63) is 90.5 Å². The van der Waals surface area contributed by atoms with Crippen molar-refractivity contribution in [3.63, 3.8) is 0 Å². The molecule has 0 saturated carbocycles. The van der Waals surface area contributed by atoms with Crippen LogP contribution in [0.4, 0.5) is 5.82 Å². The van der Waals surface area contributed by atoms with Gasteiger partial charge < -0.3 is 10.0 Å². The number of halogens is 1. The van der Waals surface area contributed by atoms with Gasteiger partial charge in [-0.1, -0.05) is 42.5 Å². The monoisotopic (exact) mass is 462 g/mol. The van der Waals surface area contributed by atoms with Crippen LogP contribution in [0.15, 0.2) is 79.4 Å². The molecule has 1 N–H and O–H groups in total. The molecule has 1 aliphatic rings. The van der Waals surface area contributed by atoms with Crippen molar-refractivity contribution in [1.82, 2.24) is 24.6 Å². The van der Waals surface area contributed by atoms with Gasteiger partial charge in [-0.25, -0.2) is 9.67 Å². The quantitative estimate of drug-likeness (QED) is 0.472. The van der Waals surface area contributed by atoms with E-state index in [1.165, 1.54) is 5.56 Å². The Balaban J connectivity index is 0.00000259. The van der Waals surface area contributed by atoms with Crippen molar-refractivity contribution < 1.29 is 5.11 Å². The van der Waals surface area contributed by atoms with Gasteiger partial charge in [0.2, 0.25) is 0 Å². The van der Waals surface area contributed by atoms with E-state index in [1.54, 1.807) is 12.4 Å². The Kier molecular flexibility index (Phi) is 7.34. The number of aliphatic hydroxyl groups excluding tert-OH is 1. The highest BCUT2D eigenvalue weighted by atomic mass is 35.5. The molecule has 3 heterocycles. The summed E-state index contributed by atoms with van der Waals surface area (Å²) >= 11 is 0. The van der Waals surface area contributed by atoms with Crippen LogP contribution in [0.3, 0.4) is 0 Å². The van der Waals surface area contributed by atoms with Crippen molar-refractivity contribution in [1.29, 1.82) is 0 Å². The summed E-state index contributed by atoms with van der Waals surface area (Å²) in [4.78, 5) is 14.0. The molecule has 1 fully saturated rings. The zero-order valence-electron chi connectivity index (χ0n) is 18.3. The van der Waals surface area contributed by atoms with Gasteiger partial charge in [0.25, 0.3) is 0 Å². The predicted octanol–water partition coefficient (Wildman–Crippen LogP) is 3.57. The van der Waals surface area contributed by atoms with Gasteiger partial charge in [0, 0.05) is 62.4 Å². The summed E-state index contributed by atoms with van der Waals surface area (Å²) in [6, 6.07) is 18.0. The molecule has 1 aliphatic heterocycles. The third kappa shape index (κ3) is 5.22. The van der Waals surface area contributed by atoms with Gasteiger partial charge in [-0.3, -0.25) is 9.88 Å². The minimum atomic E-state index is 0. The summed E-state index contributed by atoms with van der Waals surface area (Å²) in [5.74, 6) is 0.917. The number of benzene rings is 2. The minimum Gasteiger partial charge on any atom is -0.392 e. The number of rotatable bonds is 6. The maximum Gasteiger partial charge on any atom is 0.155 e. The highest BCUT2D eigenvalue weighted by molar-refractivity contribution is 5.85. The fourth-order valence-electron chi connectivity index (χ4n) is 4.07. The van der Waals surface area contributed by atoms with E-state index >= 15 is 0 Å². The summed E-state index contributed by atoms with van der Waals surface area (Å²) in [5, 5.41) is 13.8. The summed E-state index contributed by atoms with van der Waals surface area (Å²) in [7, 11) is 0. The third-order valence-electron chi connectivity index (χ3n) is 5.82. The van der Waals surface area contributed by atoms with E-state index in [2.05, 4.69) is 43.2 Å². The maximum absolute atomic E-state index is 9.30. The van der Waals surface area contributed by atoms with Crippen LogP contribution in [0.2, 0.25) is 0 Å². The largest absolute Gasteiger partial charge is 0.392 e. The van der Waals surface area contributed by atoms with Crippen LogP contribution in [0.5, 0.6) is 0 Å². The molecule has 2 aromatic heterocycles. The van der Waals surface area contributed by atoms with Crippen molar-refractivity contribution in [2.75, 3.05) is 31.1 Å². The smallest absolute Gasteiger partial charge is 0.155 e. The Morgan fingerprint density at radius 1 is 0.818 bits per heavy atom. The van der Waals surface area contributed by atoms with Gasteiger partial charge in [0.15, 0.2) is 5.82 Å². The molecule has 0 unspecified atom stereocenters. The standard InChI is InChI=1S/C25H26N6O.ClH/c32-19-20-6-8-22(9-7-20)24-25(27-11-10-26-24)30-14-12-29(13-15-30)17-21-16-28-31(18-21)23-4-2-1-3-5-23;/h1-11,16,18,32H,12-15,17,19H2;1H. The van der Waals surface area contributed by atoms with Crippen LogP contribution >= 0.6 is 12.4 Å². The number of para-hydroxylation sites is 1. The Morgan fingerprint density at radius 3 is 2.27 bits per heavy atom. The fourth-order valence-corrected chi connectivity index (χ4v) is 4.07. The lowest BCUT2D eigenvalue weighted by Crippen LogP contribution is -2.46. The molecular weight excluding hydrogens is 436 g/mol. The van der Waals surface area contributed by atoms with Crippen LogP contribution in [-0.4, -0.2) is 55.9 Å². The van der Waals surface area contributed by atoms with E-state index in [0.717, 1.165) is 61.0 Å². The molecule has 0 spiro atoms. The number of nitrogens with zero attached hydrogens (tertiary/aromatic N) is 6. The molecule has 0 aliphatic carbocycles. The van der Waals surface area contributed by atoms with E-state index in [1.807, 2.05) is 53.3 Å². The van der Waals surface area contributed by atoms with Crippen LogP contribution in [0, 0.1) is 0 Å². The van der Waals surface area contributed by atoms with E-state index in [0.29, 0.717) is 0 Å². The van der Waals surface area contributed by atoms with Crippen molar-refractivity contribution in [2.24, 2.45) is 0 Å². The highest BCUT2D eigenvalue weighted by Crippen LogP contribution is 2.27. The molecule has 0 atom stereocenters. The van der Waals surface area contributed by atoms with E-state index < -0.39 is 0 Å². The highest BCUT2D eigenvalue weighted by Gasteiger charge is 2.22. The lowest BCUT2D eigenvalue weighted by atomic mass is 10.1. The number of hydrogen-bond donors (Lipinski definition) is 1. The topological polar surface area (TPSA) is 70.3 Å². The number of piperazine rings is 1. The van der Waals surface area contributed by atoms with E-state index in [9.17, 15) is 5.11 Å². The van der Waals surface area contributed by atoms with E-state index in [4.69, 9.17) is 0 Å². The van der Waals surface area contributed by atoms with Crippen molar-refractivity contribution >= 4 is 18.2 Å². The molecule has 1 saturated heterocycles. The second-order valence-electron chi connectivity index (χ2n) is 7.98. The molecule has 4 aromatic rings. The first-order chi connectivity index (χ1) is 15.8. The first-order valence-corrected chi connectivity index (χ1v) is 10.9. The lowest BCUT2D eigenvalue weighted by Gasteiger charge is -2.35. The normalized spacial score (nSPS) is 14.2. The lowest BCUT2D eigenvalue weighted by molar-refractivity contribution is 0.249. The van der Waals surface area contributed by atoms with Gasteiger partial charge in [-0.05, 0) is 17.7 Å². The zero-order valence-corrected chi connectivity index (χ0v) is 19.1. The first-order valence-electron chi connectivity index (χ1n) is 10.9. The molecule has 33 heavy (non-hydrogen) atoms. The van der Waals surface area contributed by atoms with Gasteiger partial charge in [0.05, 0.1) is 18.5 Å². The van der Waals surface area contributed by atoms with E-state index in [-0.39, 0.29) is 19.0 Å². The van der Waals surface area contributed by atoms with Crippen LogP contribution in [-0.2, 0) is 13.2 Å². The Labute approximate surface area is 199 Å². The molecule has 0 radical (unpaired) electrons. The zero-order chi connectivity index (χ0) is 21.8. The average molecular weight is 463 g/mol. The molecular formula is C25H27ClN6O. The Morgan fingerprint density at radius 2 is 1.55 bits per heavy atom. The maximum atomic E-state index is 9.30. The summed E-state index contributed by atoms with van der Waals surface area (Å²) < 4.78 is 1.93. The predicted molar refractivity (Wildman–Crippen MR) is 132 cm³/mol. The van der Waals surface area contributed by atoms with Crippen LogP contribution in [0.1, 0.15) is 11.1 Å². The number of anilines is 1. The SMILES string of the molecule is Cl.OCc1ccc(-c2nccnc2N2CCN(Cc3cnn(-c4ccccc4)c3)CC2)cc1. The summed E-state index contributed by atoms with van der Waals surface area (Å²) in [5.41, 5.74) is 5.08. The number of aromatic nitrogens is 4. The third-order valence-corrected chi connectivity index (χ3v) is 5.82. The average Bonchev–Trinajstić information content (AvgIpc) is 3.34. The first kappa shape index (κ1) is 22.9. The van der Waals surface area contributed by atoms with Gasteiger partial charge in [-0.15, -0.1) is 12.4 Å². The number of hydrogen-bond acceptors (Lipinski definition) is 6. The Bertz CT molecular complexity index is 1160. The molecule has 7 nitrogen and oxygen atoms in total. The second-order valence-corrected chi connectivity index (χ2v) is 7.98. The van der Waals surface area contributed by atoms with Gasteiger partial charge >= 0.3 is 0 Å². The van der Waals surface area contributed by atoms with Crippen molar-refractivity contribution in [3.8, 4) is 16.9 Å². The second kappa shape index (κ2) is 10.6. The summed E-state index contributed by atoms with van der Waals surface area (Å²) in [6.07, 6.45) is 7.55. The molecule has 0 bridgehead atoms. The molecule has 170 valence electrons. The van der Waals surface area contributed by atoms with Gasteiger partial charge in [-0.2, -0.15) is 5.10 Å². The minimum absolute atomic E-state index is 0. The summed E-state index contributed by atoms with van der Waals surface area (Å²) in [6.45, 7) is 4.63. The molecule has 0 amide bonds. The number of aliphatic hydroxyl groups is 1. The van der Waals surface area contributed by atoms with Crippen LogP contribution < -0.4 is 4.90 Å². The van der Waals surface area contributed by atoms with Crippen LogP contribution in [0.25, 0.3) is 16.9 Å². The molecule has 5 rings (SSSR count). The molecule has 8 heteroatoms. The molecule has 2 aromatic carbocycles. The van der Waals surface area contributed by atoms with Crippen molar-refractivity contribution in [2.45, 2.75) is 13.2 Å².